The summed E-state index contributed by atoms with van der Waals surface area (Å²) >= 11 is 2.07. The Morgan fingerprint density at radius 3 is 3.18 bits per heavy atom. The zero-order chi connectivity index (χ0) is 7.94. The van der Waals surface area contributed by atoms with Gasteiger partial charge in [-0.3, -0.25) is 0 Å². The highest BCUT2D eigenvalue weighted by molar-refractivity contribution is 7.99. The highest BCUT2D eigenvalue weighted by atomic mass is 32.2. The summed E-state index contributed by atoms with van der Waals surface area (Å²) in [5, 5.41) is 3.37. The van der Waals surface area contributed by atoms with Crippen LogP contribution in [0.25, 0.3) is 0 Å². The maximum Gasteiger partial charge on any atom is 0.0211 e. The monoisotopic (exact) mass is 169 g/mol. The van der Waals surface area contributed by atoms with Gasteiger partial charge in [0, 0.05) is 13.0 Å². The Morgan fingerprint density at radius 1 is 1.64 bits per heavy atom. The molecule has 0 bridgehead atoms. The molecule has 1 unspecified atom stereocenters. The van der Waals surface area contributed by atoms with Crippen LogP contribution < -0.4 is 5.32 Å². The lowest BCUT2D eigenvalue weighted by Crippen LogP contribution is -2.23. The molecular weight excluding hydrogens is 154 g/mol. The third kappa shape index (κ3) is 3.69. The van der Waals surface area contributed by atoms with Crippen LogP contribution in [-0.2, 0) is 0 Å². The summed E-state index contributed by atoms with van der Waals surface area (Å²) in [6.45, 7) is 2.15. The van der Waals surface area contributed by atoms with Gasteiger partial charge in [-0.15, -0.1) is 12.3 Å². The van der Waals surface area contributed by atoms with E-state index in [1.165, 1.54) is 17.9 Å². The van der Waals surface area contributed by atoms with Crippen molar-refractivity contribution in [2.24, 2.45) is 5.92 Å². The number of thioether (sulfide) groups is 1. The Labute approximate surface area is 73.3 Å². The average molecular weight is 169 g/mol. The highest BCUT2D eigenvalue weighted by Crippen LogP contribution is 2.22. The Hall–Kier alpha value is -0.130. The molecule has 0 aromatic rings. The van der Waals surface area contributed by atoms with Gasteiger partial charge < -0.3 is 5.32 Å². The van der Waals surface area contributed by atoms with E-state index in [4.69, 9.17) is 6.42 Å². The molecule has 1 rings (SSSR count). The van der Waals surface area contributed by atoms with Gasteiger partial charge in [-0.25, -0.2) is 0 Å². The van der Waals surface area contributed by atoms with Gasteiger partial charge in [0.05, 0.1) is 0 Å². The van der Waals surface area contributed by atoms with E-state index in [0.29, 0.717) is 0 Å². The van der Waals surface area contributed by atoms with Crippen LogP contribution in [0, 0.1) is 18.3 Å². The molecule has 1 saturated heterocycles. The minimum atomic E-state index is 0.861. The van der Waals surface area contributed by atoms with E-state index < -0.39 is 0 Å². The maximum absolute atomic E-state index is 5.13. The van der Waals surface area contributed by atoms with E-state index >= 15 is 0 Å². The first kappa shape index (κ1) is 8.96. The Balaban J connectivity index is 1.90. The molecular formula is C9H15NS. The predicted molar refractivity (Wildman–Crippen MR) is 51.8 cm³/mol. The van der Waals surface area contributed by atoms with Gasteiger partial charge in [-0.05, 0) is 30.4 Å². The first-order valence-electron chi connectivity index (χ1n) is 4.15. The lowest BCUT2D eigenvalue weighted by atomic mass is 10.1. The molecule has 0 aromatic heterocycles. The minimum Gasteiger partial charge on any atom is -0.315 e. The fourth-order valence-corrected chi connectivity index (χ4v) is 2.50. The van der Waals surface area contributed by atoms with Crippen LogP contribution in [0.15, 0.2) is 0 Å². The van der Waals surface area contributed by atoms with Gasteiger partial charge in [0.2, 0.25) is 0 Å². The van der Waals surface area contributed by atoms with E-state index in [9.17, 15) is 0 Å². The van der Waals surface area contributed by atoms with Crippen molar-refractivity contribution < 1.29 is 0 Å². The van der Waals surface area contributed by atoms with Crippen LogP contribution in [0.3, 0.4) is 0 Å². The smallest absolute Gasteiger partial charge is 0.0211 e. The molecule has 0 spiro atoms. The van der Waals surface area contributed by atoms with E-state index in [-0.39, 0.29) is 0 Å². The summed E-state index contributed by atoms with van der Waals surface area (Å²) in [7, 11) is 0. The second-order valence-electron chi connectivity index (χ2n) is 2.89. The molecule has 62 valence electrons. The van der Waals surface area contributed by atoms with E-state index in [0.717, 1.165) is 25.4 Å². The molecule has 0 amide bonds. The summed E-state index contributed by atoms with van der Waals surface area (Å²) in [6.07, 6.45) is 7.37. The minimum absolute atomic E-state index is 0.861. The lowest BCUT2D eigenvalue weighted by molar-refractivity contribution is 0.529. The third-order valence-electron chi connectivity index (χ3n) is 1.90. The van der Waals surface area contributed by atoms with Gasteiger partial charge in [-0.1, -0.05) is 0 Å². The molecule has 1 nitrogen and oxygen atoms in total. The summed E-state index contributed by atoms with van der Waals surface area (Å²) in [4.78, 5) is 0. The number of hydrogen-bond acceptors (Lipinski definition) is 2. The summed E-state index contributed by atoms with van der Waals surface area (Å²) < 4.78 is 0. The van der Waals surface area contributed by atoms with Crippen LogP contribution in [0.5, 0.6) is 0 Å². The van der Waals surface area contributed by atoms with Crippen molar-refractivity contribution in [2.45, 2.75) is 12.8 Å². The normalized spacial score (nSPS) is 23.4. The largest absolute Gasteiger partial charge is 0.315 e. The Morgan fingerprint density at radius 2 is 2.55 bits per heavy atom. The summed E-state index contributed by atoms with van der Waals surface area (Å²) in [6, 6.07) is 0. The quantitative estimate of drug-likeness (QED) is 0.503. The molecule has 1 fully saturated rings. The molecule has 1 N–H and O–H groups in total. The maximum atomic E-state index is 5.13. The van der Waals surface area contributed by atoms with Gasteiger partial charge >= 0.3 is 0 Å². The van der Waals surface area contributed by atoms with Crippen LogP contribution in [0.1, 0.15) is 12.8 Å². The lowest BCUT2D eigenvalue weighted by Gasteiger charge is -2.07. The SMILES string of the molecule is C#CCCNCC1CCSC1. The van der Waals surface area contributed by atoms with Crippen molar-refractivity contribution in [3.05, 3.63) is 0 Å². The second-order valence-corrected chi connectivity index (χ2v) is 4.04. The molecule has 1 atom stereocenters. The van der Waals surface area contributed by atoms with Crippen molar-refractivity contribution in [1.29, 1.82) is 0 Å². The molecule has 1 aliphatic heterocycles. The van der Waals surface area contributed by atoms with Crippen molar-refractivity contribution in [2.75, 3.05) is 24.6 Å². The van der Waals surface area contributed by atoms with Crippen LogP contribution in [0.4, 0.5) is 0 Å². The Kier molecular flexibility index (Phi) is 4.49. The second kappa shape index (κ2) is 5.51. The first-order valence-corrected chi connectivity index (χ1v) is 5.31. The van der Waals surface area contributed by atoms with E-state index in [1.807, 2.05) is 0 Å². The van der Waals surface area contributed by atoms with Gasteiger partial charge in [-0.2, -0.15) is 11.8 Å². The van der Waals surface area contributed by atoms with Crippen molar-refractivity contribution in [3.8, 4) is 12.3 Å². The van der Waals surface area contributed by atoms with Crippen LogP contribution in [-0.4, -0.2) is 24.6 Å². The van der Waals surface area contributed by atoms with Gasteiger partial charge in [0.15, 0.2) is 0 Å². The fraction of sp³-hybridized carbons (Fsp3) is 0.778. The van der Waals surface area contributed by atoms with Crippen molar-refractivity contribution in [1.82, 2.24) is 5.32 Å². The molecule has 1 heterocycles. The van der Waals surface area contributed by atoms with Gasteiger partial charge in [0.25, 0.3) is 0 Å². The first-order chi connectivity index (χ1) is 5.43. The average Bonchev–Trinajstić information content (AvgIpc) is 2.50. The molecule has 0 aromatic carbocycles. The predicted octanol–water partition coefficient (Wildman–Crippen LogP) is 1.35. The number of terminal acetylenes is 1. The zero-order valence-corrected chi connectivity index (χ0v) is 7.62. The standard InChI is InChI=1S/C9H15NS/c1-2-3-5-10-7-9-4-6-11-8-9/h1,9-10H,3-8H2. The van der Waals surface area contributed by atoms with E-state index in [2.05, 4.69) is 23.0 Å². The van der Waals surface area contributed by atoms with Gasteiger partial charge in [0.1, 0.15) is 0 Å². The Bertz CT molecular complexity index is 133. The van der Waals surface area contributed by atoms with E-state index in [1.54, 1.807) is 0 Å². The van der Waals surface area contributed by atoms with Crippen LogP contribution in [0.2, 0.25) is 0 Å². The zero-order valence-electron chi connectivity index (χ0n) is 6.81. The topological polar surface area (TPSA) is 12.0 Å². The van der Waals surface area contributed by atoms with Crippen molar-refractivity contribution >= 4 is 11.8 Å². The molecule has 0 aliphatic carbocycles. The number of rotatable bonds is 4. The fourth-order valence-electron chi connectivity index (χ4n) is 1.21. The summed E-state index contributed by atoms with van der Waals surface area (Å²) in [5.74, 6) is 6.21. The highest BCUT2D eigenvalue weighted by Gasteiger charge is 2.13. The van der Waals surface area contributed by atoms with Crippen LogP contribution >= 0.6 is 11.8 Å². The molecule has 0 saturated carbocycles. The summed E-state index contributed by atoms with van der Waals surface area (Å²) in [5.41, 5.74) is 0. The number of hydrogen-bond donors (Lipinski definition) is 1. The van der Waals surface area contributed by atoms with Crippen molar-refractivity contribution in [3.63, 3.8) is 0 Å². The molecule has 1 aliphatic rings. The molecule has 0 radical (unpaired) electrons. The number of nitrogens with one attached hydrogen (secondary N) is 1. The molecule has 11 heavy (non-hydrogen) atoms. The molecule has 2 heteroatoms. The third-order valence-corrected chi connectivity index (χ3v) is 3.13.